The summed E-state index contributed by atoms with van der Waals surface area (Å²) in [6, 6.07) is 1.60. The Bertz CT molecular complexity index is 562. The van der Waals surface area contributed by atoms with Crippen LogP contribution in [0.2, 0.25) is 0 Å². The van der Waals surface area contributed by atoms with Gasteiger partial charge in [0.25, 0.3) is 0 Å². The van der Waals surface area contributed by atoms with Crippen LogP contribution in [0.1, 0.15) is 25.7 Å². The first kappa shape index (κ1) is 14.4. The Morgan fingerprint density at radius 2 is 1.89 bits per heavy atom. The first-order valence-corrected chi connectivity index (χ1v) is 7.54. The van der Waals surface area contributed by atoms with Crippen molar-refractivity contribution in [3.8, 4) is 0 Å². The molecule has 4 nitrogen and oxygen atoms in total. The van der Waals surface area contributed by atoms with Crippen LogP contribution in [0.4, 0.5) is 8.78 Å². The molecule has 0 saturated heterocycles. The van der Waals surface area contributed by atoms with Gasteiger partial charge in [-0.05, 0) is 31.0 Å². The van der Waals surface area contributed by atoms with Gasteiger partial charge in [-0.1, -0.05) is 12.8 Å². The van der Waals surface area contributed by atoms with Gasteiger partial charge in [0.1, 0.15) is 16.5 Å². The highest BCUT2D eigenvalue weighted by atomic mass is 32.2. The number of sulfonamides is 1. The minimum atomic E-state index is -4.17. The predicted octanol–water partition coefficient (Wildman–Crippen LogP) is 1.55. The van der Waals surface area contributed by atoms with E-state index in [0.717, 1.165) is 25.0 Å². The van der Waals surface area contributed by atoms with Gasteiger partial charge in [0, 0.05) is 6.04 Å². The zero-order valence-corrected chi connectivity index (χ0v) is 11.0. The highest BCUT2D eigenvalue weighted by Crippen LogP contribution is 2.22. The molecule has 1 aromatic carbocycles. The molecule has 0 spiro atoms. The van der Waals surface area contributed by atoms with Gasteiger partial charge in [0.15, 0.2) is 0 Å². The Labute approximate surface area is 110 Å². The predicted molar refractivity (Wildman–Crippen MR) is 64.9 cm³/mol. The molecule has 1 saturated carbocycles. The first-order valence-electron chi connectivity index (χ1n) is 6.05. The van der Waals surface area contributed by atoms with E-state index in [-0.39, 0.29) is 0 Å². The topological polar surface area (TPSA) is 66.4 Å². The smallest absolute Gasteiger partial charge is 0.243 e. The molecule has 19 heavy (non-hydrogen) atoms. The molecule has 0 bridgehead atoms. The van der Waals surface area contributed by atoms with E-state index in [1.165, 1.54) is 0 Å². The Morgan fingerprint density at radius 3 is 2.58 bits per heavy atom. The summed E-state index contributed by atoms with van der Waals surface area (Å²) in [5, 5.41) is 9.71. The molecule has 0 aliphatic heterocycles. The quantitative estimate of drug-likeness (QED) is 0.888. The number of halogens is 2. The standard InChI is InChI=1S/C12H15F2NO3S/c13-8-5-6-9(14)12(7-8)19(17,18)15-10-3-1-2-4-11(10)16/h5-7,10-11,15-16H,1-4H2. The van der Waals surface area contributed by atoms with Gasteiger partial charge < -0.3 is 5.11 Å². The van der Waals surface area contributed by atoms with Gasteiger partial charge in [0.2, 0.25) is 10.0 Å². The molecule has 1 fully saturated rings. The van der Waals surface area contributed by atoms with Gasteiger partial charge in [-0.25, -0.2) is 21.9 Å². The number of aliphatic hydroxyl groups excluding tert-OH is 1. The molecule has 106 valence electrons. The van der Waals surface area contributed by atoms with Crippen LogP contribution in [0.25, 0.3) is 0 Å². The Morgan fingerprint density at radius 1 is 1.21 bits per heavy atom. The fourth-order valence-electron chi connectivity index (χ4n) is 2.19. The number of rotatable bonds is 3. The van der Waals surface area contributed by atoms with Crippen molar-refractivity contribution in [2.75, 3.05) is 0 Å². The second kappa shape index (κ2) is 5.52. The van der Waals surface area contributed by atoms with Crippen molar-refractivity contribution in [1.29, 1.82) is 0 Å². The van der Waals surface area contributed by atoms with Crippen LogP contribution in [0.3, 0.4) is 0 Å². The van der Waals surface area contributed by atoms with Crippen LogP contribution in [-0.2, 0) is 10.0 Å². The maximum absolute atomic E-state index is 13.5. The highest BCUT2D eigenvalue weighted by Gasteiger charge is 2.29. The van der Waals surface area contributed by atoms with Gasteiger partial charge in [0.05, 0.1) is 6.10 Å². The summed E-state index contributed by atoms with van der Waals surface area (Å²) in [4.78, 5) is -0.731. The van der Waals surface area contributed by atoms with E-state index in [2.05, 4.69) is 4.72 Å². The molecule has 0 aromatic heterocycles. The molecule has 0 amide bonds. The molecular weight excluding hydrogens is 276 g/mol. The fraction of sp³-hybridized carbons (Fsp3) is 0.500. The summed E-state index contributed by atoms with van der Waals surface area (Å²) in [5.41, 5.74) is 0. The van der Waals surface area contributed by atoms with Gasteiger partial charge >= 0.3 is 0 Å². The lowest BCUT2D eigenvalue weighted by Gasteiger charge is -2.28. The molecule has 0 heterocycles. The summed E-state index contributed by atoms with van der Waals surface area (Å²) >= 11 is 0. The Balaban J connectivity index is 2.24. The zero-order valence-electron chi connectivity index (χ0n) is 10.1. The van der Waals surface area contributed by atoms with E-state index in [4.69, 9.17) is 0 Å². The van der Waals surface area contributed by atoms with Gasteiger partial charge in [-0.15, -0.1) is 0 Å². The lowest BCUT2D eigenvalue weighted by molar-refractivity contribution is 0.101. The van der Waals surface area contributed by atoms with Gasteiger partial charge in [-0.3, -0.25) is 0 Å². The number of hydrogen-bond donors (Lipinski definition) is 2. The normalized spacial score (nSPS) is 24.4. The lowest BCUT2D eigenvalue weighted by atomic mass is 9.93. The molecule has 1 aromatic rings. The summed E-state index contributed by atoms with van der Waals surface area (Å²) in [6.07, 6.45) is 1.81. The second-order valence-electron chi connectivity index (χ2n) is 4.65. The number of benzene rings is 1. The molecule has 1 aliphatic carbocycles. The number of nitrogens with one attached hydrogen (secondary N) is 1. The minimum absolute atomic E-state index is 0.483. The number of aliphatic hydroxyl groups is 1. The van der Waals surface area contributed by atoms with E-state index in [9.17, 15) is 22.3 Å². The average Bonchev–Trinajstić information content (AvgIpc) is 2.35. The Hall–Kier alpha value is -1.05. The van der Waals surface area contributed by atoms with E-state index in [0.29, 0.717) is 18.9 Å². The zero-order chi connectivity index (χ0) is 14.0. The highest BCUT2D eigenvalue weighted by molar-refractivity contribution is 7.89. The molecule has 0 radical (unpaired) electrons. The molecule has 1 aliphatic rings. The lowest BCUT2D eigenvalue weighted by Crippen LogP contribution is -2.45. The van der Waals surface area contributed by atoms with Crippen LogP contribution < -0.4 is 4.72 Å². The molecule has 2 unspecified atom stereocenters. The van der Waals surface area contributed by atoms with Crippen molar-refractivity contribution in [2.45, 2.75) is 42.7 Å². The van der Waals surface area contributed by atoms with Crippen molar-refractivity contribution in [3.63, 3.8) is 0 Å². The third kappa shape index (κ3) is 3.29. The fourth-order valence-corrected chi connectivity index (χ4v) is 3.59. The van der Waals surface area contributed by atoms with Crippen molar-refractivity contribution in [2.24, 2.45) is 0 Å². The maximum Gasteiger partial charge on any atom is 0.243 e. The maximum atomic E-state index is 13.5. The van der Waals surface area contributed by atoms with E-state index in [1.807, 2.05) is 0 Å². The van der Waals surface area contributed by atoms with Crippen molar-refractivity contribution in [3.05, 3.63) is 29.8 Å². The Kier molecular flexibility index (Phi) is 4.17. The largest absolute Gasteiger partial charge is 0.391 e. The van der Waals surface area contributed by atoms with Crippen molar-refractivity contribution < 1.29 is 22.3 Å². The second-order valence-corrected chi connectivity index (χ2v) is 6.34. The molecule has 2 atom stereocenters. The summed E-state index contributed by atoms with van der Waals surface area (Å²) in [6.45, 7) is 0. The van der Waals surface area contributed by atoms with E-state index in [1.54, 1.807) is 0 Å². The van der Waals surface area contributed by atoms with E-state index < -0.39 is 38.7 Å². The molecule has 2 N–H and O–H groups in total. The average molecular weight is 291 g/mol. The SMILES string of the molecule is O=S(=O)(NC1CCCCC1O)c1cc(F)ccc1F. The monoisotopic (exact) mass is 291 g/mol. The van der Waals surface area contributed by atoms with Crippen molar-refractivity contribution >= 4 is 10.0 Å². The van der Waals surface area contributed by atoms with Crippen LogP contribution >= 0.6 is 0 Å². The summed E-state index contributed by atoms with van der Waals surface area (Å²) in [5.74, 6) is -1.84. The van der Waals surface area contributed by atoms with Crippen molar-refractivity contribution in [1.82, 2.24) is 4.72 Å². The summed E-state index contributed by atoms with van der Waals surface area (Å²) < 4.78 is 52.7. The number of hydrogen-bond acceptors (Lipinski definition) is 3. The van der Waals surface area contributed by atoms with Crippen LogP contribution in [0, 0.1) is 11.6 Å². The third-order valence-corrected chi connectivity index (χ3v) is 4.72. The first-order chi connectivity index (χ1) is 8.90. The molecule has 2 rings (SSSR count). The van der Waals surface area contributed by atoms with Crippen LogP contribution in [0.5, 0.6) is 0 Å². The van der Waals surface area contributed by atoms with Gasteiger partial charge in [-0.2, -0.15) is 0 Å². The third-order valence-electron chi connectivity index (χ3n) is 3.22. The molecular formula is C12H15F2NO3S. The summed E-state index contributed by atoms with van der Waals surface area (Å²) in [7, 11) is -4.17. The van der Waals surface area contributed by atoms with Crippen LogP contribution in [0.15, 0.2) is 23.1 Å². The molecule has 7 heteroatoms. The van der Waals surface area contributed by atoms with Crippen LogP contribution in [-0.4, -0.2) is 25.7 Å². The van der Waals surface area contributed by atoms with E-state index >= 15 is 0 Å². The minimum Gasteiger partial charge on any atom is -0.391 e.